The van der Waals surface area contributed by atoms with E-state index in [9.17, 15) is 4.79 Å². The molecule has 2 fully saturated rings. The van der Waals surface area contributed by atoms with Crippen LogP contribution in [0.3, 0.4) is 0 Å². The molecule has 2 heterocycles. The number of nitrogens with zero attached hydrogens (tertiary/aromatic N) is 3. The predicted molar refractivity (Wildman–Crippen MR) is 121 cm³/mol. The van der Waals surface area contributed by atoms with Gasteiger partial charge in [-0.25, -0.2) is 0 Å². The topological polar surface area (TPSA) is 57.2 Å². The van der Waals surface area contributed by atoms with Crippen molar-refractivity contribution in [2.24, 2.45) is 10.9 Å². The van der Waals surface area contributed by atoms with Gasteiger partial charge < -0.3 is 19.9 Å². The molecule has 6 nitrogen and oxygen atoms in total. The van der Waals surface area contributed by atoms with Crippen LogP contribution in [0.2, 0.25) is 0 Å². The molecule has 0 unspecified atom stereocenters. The van der Waals surface area contributed by atoms with Gasteiger partial charge in [-0.15, -0.1) is 0 Å². The fourth-order valence-electron chi connectivity index (χ4n) is 4.53. The van der Waals surface area contributed by atoms with Crippen molar-refractivity contribution in [2.45, 2.75) is 19.3 Å². The number of benzene rings is 2. The van der Waals surface area contributed by atoms with Crippen LogP contribution in [0.1, 0.15) is 18.4 Å². The molecule has 0 bridgehead atoms. The van der Waals surface area contributed by atoms with Gasteiger partial charge in [0.2, 0.25) is 5.91 Å². The van der Waals surface area contributed by atoms with E-state index in [1.165, 1.54) is 16.3 Å². The first-order valence-electron chi connectivity index (χ1n) is 11.0. The van der Waals surface area contributed by atoms with Crippen LogP contribution in [0, 0.1) is 5.92 Å². The third-order valence-corrected chi connectivity index (χ3v) is 6.24. The number of ether oxygens (including phenoxy) is 1. The van der Waals surface area contributed by atoms with Crippen LogP contribution >= 0.6 is 0 Å². The lowest BCUT2D eigenvalue weighted by atomic mass is 9.95. The number of carbonyl (C=O) groups excluding carboxylic acids is 1. The molecule has 160 valence electrons. The van der Waals surface area contributed by atoms with E-state index in [2.05, 4.69) is 57.7 Å². The number of nitrogens with one attached hydrogen (secondary N) is 1. The van der Waals surface area contributed by atoms with E-state index in [4.69, 9.17) is 4.74 Å². The summed E-state index contributed by atoms with van der Waals surface area (Å²) in [6.45, 7) is 5.37. The largest absolute Gasteiger partial charge is 0.378 e. The zero-order valence-electron chi connectivity index (χ0n) is 17.8. The fraction of sp³-hybridized carbons (Fsp3) is 0.500. The molecule has 0 atom stereocenters. The van der Waals surface area contributed by atoms with Gasteiger partial charge in [0.15, 0.2) is 5.96 Å². The Morgan fingerprint density at radius 2 is 1.77 bits per heavy atom. The third-order valence-electron chi connectivity index (χ3n) is 6.24. The van der Waals surface area contributed by atoms with Gasteiger partial charge in [-0.1, -0.05) is 42.5 Å². The minimum Gasteiger partial charge on any atom is -0.378 e. The molecule has 2 aliphatic heterocycles. The molecule has 6 heteroatoms. The molecule has 0 aromatic heterocycles. The Kier molecular flexibility index (Phi) is 6.84. The lowest BCUT2D eigenvalue weighted by molar-refractivity contribution is -0.140. The molecule has 1 N–H and O–H groups in total. The number of fused-ring (bicyclic) bond motifs is 1. The summed E-state index contributed by atoms with van der Waals surface area (Å²) in [6, 6.07) is 15.0. The van der Waals surface area contributed by atoms with Crippen molar-refractivity contribution in [3.8, 4) is 0 Å². The molecular weight excluding hydrogens is 376 g/mol. The number of hydrogen-bond acceptors (Lipinski definition) is 3. The summed E-state index contributed by atoms with van der Waals surface area (Å²) >= 11 is 0. The monoisotopic (exact) mass is 408 g/mol. The number of rotatable bonds is 4. The Morgan fingerprint density at radius 1 is 1.03 bits per heavy atom. The summed E-state index contributed by atoms with van der Waals surface area (Å²) in [7, 11) is 1.84. The standard InChI is InChI=1S/C24H32N4O2/c1-25-24(26-12-9-20-7-4-6-19-5-2-3-8-22(19)20)28-13-10-21(11-14-28)23(29)27-15-17-30-18-16-27/h2-8,21H,9-18H2,1H3,(H,25,26). The maximum Gasteiger partial charge on any atom is 0.225 e. The van der Waals surface area contributed by atoms with Crippen LogP contribution in [0.5, 0.6) is 0 Å². The highest BCUT2D eigenvalue weighted by Crippen LogP contribution is 2.21. The van der Waals surface area contributed by atoms with Crippen molar-refractivity contribution in [2.75, 3.05) is 53.0 Å². The molecule has 2 aromatic rings. The molecular formula is C24H32N4O2. The van der Waals surface area contributed by atoms with Crippen LogP contribution in [-0.2, 0) is 16.0 Å². The average molecular weight is 409 g/mol. The zero-order valence-corrected chi connectivity index (χ0v) is 17.8. The van der Waals surface area contributed by atoms with Crippen LogP contribution in [0.4, 0.5) is 0 Å². The quantitative estimate of drug-likeness (QED) is 0.624. The Hall–Kier alpha value is -2.60. The summed E-state index contributed by atoms with van der Waals surface area (Å²) in [5, 5.41) is 6.13. The number of guanidine groups is 1. The number of piperidine rings is 1. The Balaban J connectivity index is 1.27. The summed E-state index contributed by atoms with van der Waals surface area (Å²) in [6.07, 6.45) is 2.73. The number of morpholine rings is 1. The summed E-state index contributed by atoms with van der Waals surface area (Å²) in [4.78, 5) is 21.5. The summed E-state index contributed by atoms with van der Waals surface area (Å²) in [5.41, 5.74) is 1.35. The molecule has 2 saturated heterocycles. The smallest absolute Gasteiger partial charge is 0.225 e. The molecule has 0 aliphatic carbocycles. The van der Waals surface area contributed by atoms with Crippen molar-refractivity contribution < 1.29 is 9.53 Å². The minimum atomic E-state index is 0.133. The van der Waals surface area contributed by atoms with E-state index < -0.39 is 0 Å². The lowest BCUT2D eigenvalue weighted by Gasteiger charge is -2.36. The maximum absolute atomic E-state index is 12.7. The minimum absolute atomic E-state index is 0.133. The first-order chi connectivity index (χ1) is 14.8. The SMILES string of the molecule is CN=C(NCCc1cccc2ccccc12)N1CCC(C(=O)N2CCOCC2)CC1. The van der Waals surface area contributed by atoms with Gasteiger partial charge in [0.05, 0.1) is 13.2 Å². The lowest BCUT2D eigenvalue weighted by Crippen LogP contribution is -2.50. The van der Waals surface area contributed by atoms with Gasteiger partial charge in [0.1, 0.15) is 0 Å². The van der Waals surface area contributed by atoms with Gasteiger partial charge in [-0.3, -0.25) is 9.79 Å². The second kappa shape index (κ2) is 9.94. The normalized spacial score (nSPS) is 18.6. The molecule has 2 aliphatic rings. The van der Waals surface area contributed by atoms with Gasteiger partial charge >= 0.3 is 0 Å². The maximum atomic E-state index is 12.7. The van der Waals surface area contributed by atoms with E-state index in [0.29, 0.717) is 19.1 Å². The first kappa shape index (κ1) is 20.7. The van der Waals surface area contributed by atoms with E-state index >= 15 is 0 Å². The van der Waals surface area contributed by atoms with E-state index in [1.807, 2.05) is 11.9 Å². The number of amides is 1. The number of carbonyl (C=O) groups is 1. The van der Waals surface area contributed by atoms with E-state index in [-0.39, 0.29) is 5.92 Å². The van der Waals surface area contributed by atoms with Crippen molar-refractivity contribution in [1.82, 2.24) is 15.1 Å². The molecule has 2 aromatic carbocycles. The Labute approximate surface area is 178 Å². The van der Waals surface area contributed by atoms with Gasteiger partial charge in [-0.2, -0.15) is 0 Å². The zero-order chi connectivity index (χ0) is 20.8. The fourth-order valence-corrected chi connectivity index (χ4v) is 4.53. The van der Waals surface area contributed by atoms with Crippen molar-refractivity contribution in [3.05, 3.63) is 48.0 Å². The number of aliphatic imine (C=N–C) groups is 1. The summed E-state index contributed by atoms with van der Waals surface area (Å²) < 4.78 is 5.37. The Morgan fingerprint density at radius 3 is 2.53 bits per heavy atom. The third kappa shape index (κ3) is 4.75. The highest BCUT2D eigenvalue weighted by atomic mass is 16.5. The molecule has 0 radical (unpaired) electrons. The van der Waals surface area contributed by atoms with Crippen LogP contribution in [0.15, 0.2) is 47.5 Å². The number of hydrogen-bond donors (Lipinski definition) is 1. The second-order valence-corrected chi connectivity index (χ2v) is 8.06. The predicted octanol–water partition coefficient (Wildman–Crippen LogP) is 2.53. The van der Waals surface area contributed by atoms with Crippen LogP contribution < -0.4 is 5.32 Å². The van der Waals surface area contributed by atoms with Crippen molar-refractivity contribution in [1.29, 1.82) is 0 Å². The second-order valence-electron chi connectivity index (χ2n) is 8.06. The van der Waals surface area contributed by atoms with E-state index in [1.54, 1.807) is 0 Å². The van der Waals surface area contributed by atoms with Crippen LogP contribution in [-0.4, -0.2) is 74.7 Å². The average Bonchev–Trinajstić information content (AvgIpc) is 2.82. The van der Waals surface area contributed by atoms with Crippen molar-refractivity contribution in [3.63, 3.8) is 0 Å². The molecule has 1 amide bonds. The van der Waals surface area contributed by atoms with Gasteiger partial charge in [0, 0.05) is 45.7 Å². The highest BCUT2D eigenvalue weighted by Gasteiger charge is 2.30. The number of likely N-dealkylation sites (tertiary alicyclic amines) is 1. The molecule has 30 heavy (non-hydrogen) atoms. The van der Waals surface area contributed by atoms with Gasteiger partial charge in [-0.05, 0) is 35.6 Å². The Bertz CT molecular complexity index is 878. The van der Waals surface area contributed by atoms with Gasteiger partial charge in [0.25, 0.3) is 0 Å². The van der Waals surface area contributed by atoms with E-state index in [0.717, 1.165) is 57.9 Å². The molecule has 0 saturated carbocycles. The highest BCUT2D eigenvalue weighted by molar-refractivity contribution is 5.86. The first-order valence-corrected chi connectivity index (χ1v) is 11.0. The molecule has 0 spiro atoms. The van der Waals surface area contributed by atoms with Crippen LogP contribution in [0.25, 0.3) is 10.8 Å². The van der Waals surface area contributed by atoms with Crippen molar-refractivity contribution >= 4 is 22.6 Å². The molecule has 4 rings (SSSR count). The summed E-state index contributed by atoms with van der Waals surface area (Å²) in [5.74, 6) is 1.37.